The number of nitrogens with zero attached hydrogens (tertiary/aromatic N) is 1. The molecular weight excluding hydrogens is 252 g/mol. The molecule has 0 aromatic heterocycles. The number of benzene rings is 1. The van der Waals surface area contributed by atoms with Crippen LogP contribution in [-0.4, -0.2) is 41.7 Å². The summed E-state index contributed by atoms with van der Waals surface area (Å²) >= 11 is 0. The molecule has 20 heavy (non-hydrogen) atoms. The van der Waals surface area contributed by atoms with E-state index in [0.717, 1.165) is 30.6 Å². The lowest BCUT2D eigenvalue weighted by atomic mass is 9.90. The molecular formula is C16H24N2O2. The molecule has 1 aliphatic carbocycles. The number of hydrogen-bond acceptors (Lipinski definition) is 3. The van der Waals surface area contributed by atoms with Crippen molar-refractivity contribution in [1.29, 1.82) is 0 Å². The zero-order chi connectivity index (χ0) is 14.4. The zero-order valence-corrected chi connectivity index (χ0v) is 12.1. The Balaban J connectivity index is 2.17. The second kappa shape index (κ2) is 7.29. The first kappa shape index (κ1) is 14.9. The molecule has 1 fully saturated rings. The van der Waals surface area contributed by atoms with Gasteiger partial charge in [-0.05, 0) is 44.7 Å². The predicted octanol–water partition coefficient (Wildman–Crippen LogP) is 2.50. The molecule has 1 aromatic carbocycles. The molecule has 1 saturated carbocycles. The second-order valence-corrected chi connectivity index (χ2v) is 5.24. The fourth-order valence-corrected chi connectivity index (χ4v) is 2.56. The molecule has 0 unspecified atom stereocenters. The lowest BCUT2D eigenvalue weighted by Crippen LogP contribution is -2.45. The standard InChI is InChI=1S/C16H24N2O2/c1-2-17-15-10-4-3-9-14(15)16(20)18(11-6-12-19)13-7-5-8-13/h3-4,9-10,13,17,19H,2,5-8,11-12H2,1H3. The molecule has 0 radical (unpaired) electrons. The lowest BCUT2D eigenvalue weighted by molar-refractivity contribution is 0.0563. The van der Waals surface area contributed by atoms with E-state index in [2.05, 4.69) is 5.32 Å². The molecule has 4 heteroatoms. The van der Waals surface area contributed by atoms with Crippen LogP contribution in [0.5, 0.6) is 0 Å². The van der Waals surface area contributed by atoms with Crippen molar-refractivity contribution in [3.8, 4) is 0 Å². The van der Waals surface area contributed by atoms with Gasteiger partial charge < -0.3 is 15.3 Å². The minimum atomic E-state index is 0.0831. The molecule has 0 bridgehead atoms. The zero-order valence-electron chi connectivity index (χ0n) is 12.1. The van der Waals surface area contributed by atoms with Crippen LogP contribution in [0.25, 0.3) is 0 Å². The van der Waals surface area contributed by atoms with E-state index in [1.54, 1.807) is 0 Å². The number of anilines is 1. The quantitative estimate of drug-likeness (QED) is 0.804. The number of para-hydroxylation sites is 1. The van der Waals surface area contributed by atoms with Crippen LogP contribution >= 0.6 is 0 Å². The number of aliphatic hydroxyl groups excluding tert-OH is 1. The molecule has 110 valence electrons. The van der Waals surface area contributed by atoms with E-state index in [1.807, 2.05) is 36.1 Å². The van der Waals surface area contributed by atoms with Gasteiger partial charge in [-0.2, -0.15) is 0 Å². The highest BCUT2D eigenvalue weighted by Gasteiger charge is 2.29. The van der Waals surface area contributed by atoms with Gasteiger partial charge in [-0.15, -0.1) is 0 Å². The van der Waals surface area contributed by atoms with Gasteiger partial charge in [0.1, 0.15) is 0 Å². The van der Waals surface area contributed by atoms with Crippen LogP contribution in [0.3, 0.4) is 0 Å². The lowest BCUT2D eigenvalue weighted by Gasteiger charge is -2.38. The van der Waals surface area contributed by atoms with E-state index in [-0.39, 0.29) is 12.5 Å². The number of rotatable bonds is 7. The van der Waals surface area contributed by atoms with Gasteiger partial charge in [-0.3, -0.25) is 4.79 Å². The van der Waals surface area contributed by atoms with Crippen molar-refractivity contribution in [2.75, 3.05) is 25.0 Å². The van der Waals surface area contributed by atoms with E-state index >= 15 is 0 Å². The Morgan fingerprint density at radius 2 is 2.15 bits per heavy atom. The first-order chi connectivity index (χ1) is 9.77. The van der Waals surface area contributed by atoms with Crippen molar-refractivity contribution < 1.29 is 9.90 Å². The number of carbonyl (C=O) groups excluding carboxylic acids is 1. The maximum absolute atomic E-state index is 12.8. The van der Waals surface area contributed by atoms with Crippen LogP contribution in [0.2, 0.25) is 0 Å². The highest BCUT2D eigenvalue weighted by molar-refractivity contribution is 5.99. The summed E-state index contributed by atoms with van der Waals surface area (Å²) in [6.45, 7) is 3.59. The second-order valence-electron chi connectivity index (χ2n) is 5.24. The van der Waals surface area contributed by atoms with E-state index < -0.39 is 0 Å². The number of amides is 1. The summed E-state index contributed by atoms with van der Waals surface area (Å²) in [5, 5.41) is 12.3. The van der Waals surface area contributed by atoms with Crippen LogP contribution in [0.15, 0.2) is 24.3 Å². The van der Waals surface area contributed by atoms with Crippen molar-refractivity contribution >= 4 is 11.6 Å². The van der Waals surface area contributed by atoms with Crippen LogP contribution in [0, 0.1) is 0 Å². The minimum absolute atomic E-state index is 0.0831. The summed E-state index contributed by atoms with van der Waals surface area (Å²) in [6.07, 6.45) is 4.01. The van der Waals surface area contributed by atoms with Gasteiger partial charge in [0.15, 0.2) is 0 Å². The number of nitrogens with one attached hydrogen (secondary N) is 1. The van der Waals surface area contributed by atoms with E-state index in [1.165, 1.54) is 6.42 Å². The summed E-state index contributed by atoms with van der Waals surface area (Å²) in [7, 11) is 0. The summed E-state index contributed by atoms with van der Waals surface area (Å²) in [5.74, 6) is 0.0831. The average Bonchev–Trinajstić information content (AvgIpc) is 2.41. The third-order valence-electron chi connectivity index (χ3n) is 3.86. The normalized spacial score (nSPS) is 14.7. The van der Waals surface area contributed by atoms with Gasteiger partial charge in [0.2, 0.25) is 0 Å². The summed E-state index contributed by atoms with van der Waals surface area (Å²) < 4.78 is 0. The van der Waals surface area contributed by atoms with E-state index in [0.29, 0.717) is 19.0 Å². The number of carbonyl (C=O) groups is 1. The maximum Gasteiger partial charge on any atom is 0.256 e. The summed E-state index contributed by atoms with van der Waals surface area (Å²) in [6, 6.07) is 8.02. The molecule has 1 amide bonds. The van der Waals surface area contributed by atoms with Crippen molar-refractivity contribution in [3.63, 3.8) is 0 Å². The van der Waals surface area contributed by atoms with Gasteiger partial charge in [0, 0.05) is 31.4 Å². The first-order valence-electron chi connectivity index (χ1n) is 7.52. The van der Waals surface area contributed by atoms with Gasteiger partial charge in [0.05, 0.1) is 5.56 Å². The van der Waals surface area contributed by atoms with Crippen molar-refractivity contribution in [1.82, 2.24) is 4.90 Å². The maximum atomic E-state index is 12.8. The molecule has 0 aliphatic heterocycles. The Morgan fingerprint density at radius 1 is 1.40 bits per heavy atom. The molecule has 1 aliphatic rings. The van der Waals surface area contributed by atoms with Crippen molar-refractivity contribution in [3.05, 3.63) is 29.8 Å². The van der Waals surface area contributed by atoms with E-state index in [9.17, 15) is 4.79 Å². The van der Waals surface area contributed by atoms with Crippen LogP contribution in [0.1, 0.15) is 43.0 Å². The summed E-state index contributed by atoms with van der Waals surface area (Å²) in [5.41, 5.74) is 1.63. The molecule has 0 spiro atoms. The number of hydrogen-bond donors (Lipinski definition) is 2. The Bertz CT molecular complexity index is 444. The largest absolute Gasteiger partial charge is 0.396 e. The minimum Gasteiger partial charge on any atom is -0.396 e. The SMILES string of the molecule is CCNc1ccccc1C(=O)N(CCCO)C1CCC1. The Labute approximate surface area is 120 Å². The topological polar surface area (TPSA) is 52.6 Å². The molecule has 0 atom stereocenters. The molecule has 4 nitrogen and oxygen atoms in total. The van der Waals surface area contributed by atoms with Crippen molar-refractivity contribution in [2.24, 2.45) is 0 Å². The number of aliphatic hydroxyl groups is 1. The van der Waals surface area contributed by atoms with Crippen LogP contribution < -0.4 is 5.32 Å². The average molecular weight is 276 g/mol. The predicted molar refractivity (Wildman–Crippen MR) is 81.0 cm³/mol. The Morgan fingerprint density at radius 3 is 2.75 bits per heavy atom. The smallest absolute Gasteiger partial charge is 0.256 e. The van der Waals surface area contributed by atoms with Gasteiger partial charge >= 0.3 is 0 Å². The highest BCUT2D eigenvalue weighted by atomic mass is 16.3. The van der Waals surface area contributed by atoms with Crippen LogP contribution in [0.4, 0.5) is 5.69 Å². The Hall–Kier alpha value is -1.55. The molecule has 0 saturated heterocycles. The van der Waals surface area contributed by atoms with Gasteiger partial charge in [0.25, 0.3) is 5.91 Å². The monoisotopic (exact) mass is 276 g/mol. The molecule has 1 aromatic rings. The first-order valence-corrected chi connectivity index (χ1v) is 7.52. The van der Waals surface area contributed by atoms with E-state index in [4.69, 9.17) is 5.11 Å². The molecule has 2 N–H and O–H groups in total. The fourth-order valence-electron chi connectivity index (χ4n) is 2.56. The summed E-state index contributed by atoms with van der Waals surface area (Å²) in [4.78, 5) is 14.7. The third kappa shape index (κ3) is 3.31. The fraction of sp³-hybridized carbons (Fsp3) is 0.562. The molecule has 2 rings (SSSR count). The van der Waals surface area contributed by atoms with Crippen molar-refractivity contribution in [2.45, 2.75) is 38.6 Å². The molecule has 0 heterocycles. The van der Waals surface area contributed by atoms with Gasteiger partial charge in [-0.1, -0.05) is 12.1 Å². The van der Waals surface area contributed by atoms with Crippen LogP contribution in [-0.2, 0) is 0 Å². The Kier molecular flexibility index (Phi) is 5.41. The highest BCUT2D eigenvalue weighted by Crippen LogP contribution is 2.28. The third-order valence-corrected chi connectivity index (χ3v) is 3.86. The van der Waals surface area contributed by atoms with Gasteiger partial charge in [-0.25, -0.2) is 0 Å².